The number of carbonyl (C=O) groups is 2. The Balaban J connectivity index is 2.26. The molecular weight excluding hydrogens is 286 g/mol. The van der Waals surface area contributed by atoms with Gasteiger partial charge in [-0.3, -0.25) is 4.79 Å². The predicted molar refractivity (Wildman–Crippen MR) is 73.0 cm³/mol. The van der Waals surface area contributed by atoms with Crippen LogP contribution >= 0.6 is 22.9 Å². The van der Waals surface area contributed by atoms with Crippen molar-refractivity contribution in [3.8, 4) is 0 Å². The summed E-state index contributed by atoms with van der Waals surface area (Å²) < 4.78 is 4.87. The zero-order valence-electron chi connectivity index (χ0n) is 10.1. The van der Waals surface area contributed by atoms with Gasteiger partial charge in [0.15, 0.2) is 0 Å². The van der Waals surface area contributed by atoms with E-state index in [0.29, 0.717) is 21.9 Å². The number of nitrogens with zero attached hydrogens (tertiary/aromatic N) is 1. The molecule has 0 amide bonds. The number of esters is 1. The molecule has 6 heteroatoms. The molecule has 0 fully saturated rings. The van der Waals surface area contributed by atoms with Crippen molar-refractivity contribution < 1.29 is 14.3 Å². The van der Waals surface area contributed by atoms with Gasteiger partial charge in [-0.25, -0.2) is 9.78 Å². The fourth-order valence-electron chi connectivity index (χ4n) is 1.46. The van der Waals surface area contributed by atoms with Crippen molar-refractivity contribution >= 4 is 34.7 Å². The van der Waals surface area contributed by atoms with E-state index >= 15 is 0 Å². The Morgan fingerprint density at radius 2 is 2.05 bits per heavy atom. The van der Waals surface area contributed by atoms with E-state index in [-0.39, 0.29) is 10.9 Å². The molecule has 4 nitrogen and oxygen atoms in total. The number of hydrogen-bond donors (Lipinski definition) is 0. The Morgan fingerprint density at radius 1 is 1.32 bits per heavy atom. The highest BCUT2D eigenvalue weighted by molar-refractivity contribution is 7.16. The summed E-state index contributed by atoms with van der Waals surface area (Å²) in [4.78, 5) is 28.4. The van der Waals surface area contributed by atoms with Crippen molar-refractivity contribution in [2.75, 3.05) is 6.61 Å². The molecule has 98 valence electrons. The van der Waals surface area contributed by atoms with Crippen LogP contribution in [0.3, 0.4) is 0 Å². The zero-order valence-corrected chi connectivity index (χ0v) is 11.6. The molecule has 0 radical (unpaired) electrons. The molecular formula is C13H10ClNO3S. The van der Waals surface area contributed by atoms with Gasteiger partial charge in [-0.2, -0.15) is 0 Å². The highest BCUT2D eigenvalue weighted by Gasteiger charge is 2.18. The number of ether oxygens (including phenoxy) is 1. The number of halogens is 1. The zero-order chi connectivity index (χ0) is 13.8. The molecule has 2 rings (SSSR count). The van der Waals surface area contributed by atoms with E-state index < -0.39 is 5.97 Å². The Morgan fingerprint density at radius 3 is 2.74 bits per heavy atom. The Kier molecular flexibility index (Phi) is 4.29. The third-order valence-electron chi connectivity index (χ3n) is 2.31. The van der Waals surface area contributed by atoms with Gasteiger partial charge in [0.2, 0.25) is 5.78 Å². The molecule has 0 bridgehead atoms. The normalized spacial score (nSPS) is 10.2. The molecule has 0 saturated carbocycles. The van der Waals surface area contributed by atoms with Crippen molar-refractivity contribution in [2.24, 2.45) is 0 Å². The summed E-state index contributed by atoms with van der Waals surface area (Å²) in [6.45, 7) is 2.03. The molecule has 0 aromatic carbocycles. The van der Waals surface area contributed by atoms with Crippen molar-refractivity contribution in [3.63, 3.8) is 0 Å². The largest absolute Gasteiger partial charge is 0.462 e. The first-order valence-corrected chi connectivity index (χ1v) is 6.75. The van der Waals surface area contributed by atoms with Gasteiger partial charge in [-0.05, 0) is 31.2 Å². The van der Waals surface area contributed by atoms with Gasteiger partial charge in [0.05, 0.1) is 17.0 Å². The molecule has 0 spiro atoms. The minimum absolute atomic E-state index is 0.151. The molecule has 2 aromatic heterocycles. The van der Waals surface area contributed by atoms with E-state index in [0.717, 1.165) is 11.3 Å². The summed E-state index contributed by atoms with van der Waals surface area (Å²) >= 11 is 6.95. The van der Waals surface area contributed by atoms with Crippen molar-refractivity contribution in [3.05, 3.63) is 50.9 Å². The maximum absolute atomic E-state index is 12.2. The maximum Gasteiger partial charge on any atom is 0.348 e. The lowest BCUT2D eigenvalue weighted by atomic mass is 10.1. The van der Waals surface area contributed by atoms with Gasteiger partial charge in [0.1, 0.15) is 10.0 Å². The molecule has 19 heavy (non-hydrogen) atoms. The van der Waals surface area contributed by atoms with E-state index in [1.165, 1.54) is 6.20 Å². The lowest BCUT2D eigenvalue weighted by molar-refractivity contribution is 0.0532. The third-order valence-corrected chi connectivity index (χ3v) is 3.68. The highest BCUT2D eigenvalue weighted by atomic mass is 35.5. The molecule has 2 aromatic rings. The fourth-order valence-corrected chi connectivity index (χ4v) is 2.52. The van der Waals surface area contributed by atoms with Crippen LogP contribution in [-0.2, 0) is 4.74 Å². The number of aromatic nitrogens is 1. The number of rotatable bonds is 4. The monoisotopic (exact) mass is 295 g/mol. The van der Waals surface area contributed by atoms with Crippen LogP contribution < -0.4 is 0 Å². The van der Waals surface area contributed by atoms with Gasteiger partial charge in [0.25, 0.3) is 0 Å². The van der Waals surface area contributed by atoms with Crippen LogP contribution in [0.2, 0.25) is 5.15 Å². The fraction of sp³-hybridized carbons (Fsp3) is 0.154. The number of pyridine rings is 1. The predicted octanol–water partition coefficient (Wildman–Crippen LogP) is 3.20. The molecule has 0 unspecified atom stereocenters. The number of thiophene rings is 1. The summed E-state index contributed by atoms with van der Waals surface area (Å²) in [6.07, 6.45) is 1.51. The average molecular weight is 296 g/mol. The minimum Gasteiger partial charge on any atom is -0.462 e. The summed E-state index contributed by atoms with van der Waals surface area (Å²) in [6, 6.07) is 6.39. The van der Waals surface area contributed by atoms with E-state index in [2.05, 4.69) is 4.98 Å². The smallest absolute Gasteiger partial charge is 0.348 e. The van der Waals surface area contributed by atoms with Crippen LogP contribution in [0.4, 0.5) is 0 Å². The second-order valence-corrected chi connectivity index (χ2v) is 5.00. The molecule has 2 heterocycles. The van der Waals surface area contributed by atoms with Gasteiger partial charge >= 0.3 is 5.97 Å². The number of hydrogen-bond acceptors (Lipinski definition) is 5. The number of carbonyl (C=O) groups excluding carboxylic acids is 2. The van der Waals surface area contributed by atoms with Gasteiger partial charge in [-0.15, -0.1) is 11.3 Å². The standard InChI is InChI=1S/C13H10ClNO3S/c1-2-18-13(17)10-6-5-9(19-10)11(16)8-4-3-7-15-12(8)14/h3-7H,2H2,1H3. The summed E-state index contributed by atoms with van der Waals surface area (Å²) in [5.41, 5.74) is 0.321. The van der Waals surface area contributed by atoms with Crippen LogP contribution in [0, 0.1) is 0 Å². The van der Waals surface area contributed by atoms with Crippen LogP contribution in [0.1, 0.15) is 31.8 Å². The lowest BCUT2D eigenvalue weighted by Gasteiger charge is -1.99. The van der Waals surface area contributed by atoms with Crippen molar-refractivity contribution in [1.29, 1.82) is 0 Å². The molecule has 0 saturated heterocycles. The first-order valence-electron chi connectivity index (χ1n) is 5.55. The summed E-state index contributed by atoms with van der Waals surface area (Å²) in [5, 5.41) is 0.151. The van der Waals surface area contributed by atoms with Crippen molar-refractivity contribution in [2.45, 2.75) is 6.92 Å². The average Bonchev–Trinajstić information content (AvgIpc) is 2.88. The second kappa shape index (κ2) is 5.95. The Hall–Kier alpha value is -1.72. The first-order chi connectivity index (χ1) is 9.13. The van der Waals surface area contributed by atoms with Crippen LogP contribution in [0.25, 0.3) is 0 Å². The SMILES string of the molecule is CCOC(=O)c1ccc(C(=O)c2cccnc2Cl)s1. The molecule has 0 atom stereocenters. The lowest BCUT2D eigenvalue weighted by Crippen LogP contribution is -2.02. The third kappa shape index (κ3) is 3.00. The molecule has 0 N–H and O–H groups in total. The van der Waals surface area contributed by atoms with Crippen LogP contribution in [0.5, 0.6) is 0 Å². The van der Waals surface area contributed by atoms with Crippen LogP contribution in [-0.4, -0.2) is 23.3 Å². The molecule has 0 aliphatic heterocycles. The summed E-state index contributed by atoms with van der Waals surface area (Å²) in [7, 11) is 0. The van der Waals surface area contributed by atoms with E-state index in [1.807, 2.05) is 0 Å². The van der Waals surface area contributed by atoms with E-state index in [9.17, 15) is 9.59 Å². The van der Waals surface area contributed by atoms with Gasteiger partial charge < -0.3 is 4.74 Å². The molecule has 0 aliphatic rings. The quantitative estimate of drug-likeness (QED) is 0.494. The first kappa shape index (κ1) is 13.7. The van der Waals surface area contributed by atoms with Crippen LogP contribution in [0.15, 0.2) is 30.5 Å². The van der Waals surface area contributed by atoms with Crippen molar-refractivity contribution in [1.82, 2.24) is 4.98 Å². The van der Waals surface area contributed by atoms with Gasteiger partial charge in [-0.1, -0.05) is 11.6 Å². The highest BCUT2D eigenvalue weighted by Crippen LogP contribution is 2.23. The minimum atomic E-state index is -0.427. The maximum atomic E-state index is 12.2. The van der Waals surface area contributed by atoms with E-state index in [4.69, 9.17) is 16.3 Å². The molecule has 0 aliphatic carbocycles. The number of ketones is 1. The topological polar surface area (TPSA) is 56.3 Å². The van der Waals surface area contributed by atoms with Gasteiger partial charge in [0, 0.05) is 6.20 Å². The summed E-state index contributed by atoms with van der Waals surface area (Å²) in [5.74, 6) is -0.678. The van der Waals surface area contributed by atoms with E-state index in [1.54, 1.807) is 31.2 Å². The Labute approximate surface area is 119 Å². The second-order valence-electron chi connectivity index (χ2n) is 3.56. The Bertz CT molecular complexity index is 624.